The predicted molar refractivity (Wildman–Crippen MR) is 75.2 cm³/mol. The van der Waals surface area contributed by atoms with E-state index in [-0.39, 0.29) is 12.1 Å². The van der Waals surface area contributed by atoms with E-state index in [4.69, 9.17) is 0 Å². The van der Waals surface area contributed by atoms with Crippen LogP contribution >= 0.6 is 11.3 Å². The van der Waals surface area contributed by atoms with Gasteiger partial charge in [0.05, 0.1) is 23.9 Å². The van der Waals surface area contributed by atoms with Gasteiger partial charge in [-0.05, 0) is 11.6 Å². The van der Waals surface area contributed by atoms with Gasteiger partial charge in [0.25, 0.3) is 0 Å². The van der Waals surface area contributed by atoms with E-state index < -0.39 is 23.8 Å². The van der Waals surface area contributed by atoms with Crippen molar-refractivity contribution in [1.82, 2.24) is 10.3 Å². The molecule has 0 amide bonds. The van der Waals surface area contributed by atoms with Gasteiger partial charge < -0.3 is 4.74 Å². The van der Waals surface area contributed by atoms with Crippen LogP contribution in [0.25, 0.3) is 0 Å². The van der Waals surface area contributed by atoms with Gasteiger partial charge in [0.2, 0.25) is 0 Å². The third-order valence-electron chi connectivity index (χ3n) is 2.98. The molecule has 0 aliphatic rings. The summed E-state index contributed by atoms with van der Waals surface area (Å²) in [7, 11) is 1.13. The Bertz CT molecular complexity index is 629. The lowest BCUT2D eigenvalue weighted by atomic mass is 9.99. The Hall–Kier alpha value is -1.93. The molecule has 22 heavy (non-hydrogen) atoms. The fraction of sp³-hybridized carbons (Fsp3) is 0.286. The van der Waals surface area contributed by atoms with E-state index in [1.807, 2.05) is 0 Å². The van der Waals surface area contributed by atoms with Gasteiger partial charge >= 0.3 is 12.1 Å². The monoisotopic (exact) mass is 330 g/mol. The number of esters is 1. The molecule has 1 N–H and O–H groups in total. The number of halogens is 3. The highest BCUT2D eigenvalue weighted by Gasteiger charge is 2.37. The van der Waals surface area contributed by atoms with E-state index >= 15 is 0 Å². The van der Waals surface area contributed by atoms with Gasteiger partial charge in [-0.1, -0.05) is 18.2 Å². The van der Waals surface area contributed by atoms with E-state index in [1.165, 1.54) is 29.5 Å². The molecule has 2 rings (SSSR count). The lowest BCUT2D eigenvalue weighted by Crippen LogP contribution is -2.31. The van der Waals surface area contributed by atoms with Gasteiger partial charge in [0.15, 0.2) is 0 Å². The highest BCUT2D eigenvalue weighted by atomic mass is 32.1. The Labute approximate surface area is 128 Å². The standard InChI is InChI=1S/C14H13F3N2O2S/c1-21-13(20)12(18-6-9-7-22-8-19-9)10-4-2-3-5-11(10)14(15,16)17/h2-5,7-8,12,18H,6H2,1H3. The number of nitrogens with one attached hydrogen (secondary N) is 1. The molecule has 0 spiro atoms. The lowest BCUT2D eigenvalue weighted by Gasteiger charge is -2.20. The molecule has 8 heteroatoms. The van der Waals surface area contributed by atoms with E-state index in [9.17, 15) is 18.0 Å². The average molecular weight is 330 g/mol. The molecule has 2 aromatic rings. The van der Waals surface area contributed by atoms with Gasteiger partial charge in [-0.15, -0.1) is 11.3 Å². The van der Waals surface area contributed by atoms with Crippen LogP contribution in [0.1, 0.15) is 22.9 Å². The normalized spacial score (nSPS) is 12.9. The first kappa shape index (κ1) is 16.4. The molecule has 1 heterocycles. The molecule has 0 radical (unpaired) electrons. The van der Waals surface area contributed by atoms with Crippen LogP contribution in [0.3, 0.4) is 0 Å². The quantitative estimate of drug-likeness (QED) is 0.856. The summed E-state index contributed by atoms with van der Waals surface area (Å²) < 4.78 is 43.9. The minimum Gasteiger partial charge on any atom is -0.468 e. The lowest BCUT2D eigenvalue weighted by molar-refractivity contribution is -0.145. The summed E-state index contributed by atoms with van der Waals surface area (Å²) in [6, 6.07) is 3.71. The van der Waals surface area contributed by atoms with Crippen molar-refractivity contribution >= 4 is 17.3 Å². The van der Waals surface area contributed by atoms with Crippen LogP contribution in [-0.4, -0.2) is 18.1 Å². The molecular weight excluding hydrogens is 317 g/mol. The Morgan fingerprint density at radius 3 is 2.73 bits per heavy atom. The summed E-state index contributed by atoms with van der Waals surface area (Å²) in [5, 5.41) is 4.52. The van der Waals surface area contributed by atoms with Crippen LogP contribution in [0, 0.1) is 0 Å². The number of hydrogen-bond donors (Lipinski definition) is 1. The SMILES string of the molecule is COC(=O)C(NCc1cscn1)c1ccccc1C(F)(F)F. The first-order chi connectivity index (χ1) is 10.4. The Kier molecular flexibility index (Phi) is 5.15. The number of hydrogen-bond acceptors (Lipinski definition) is 5. The smallest absolute Gasteiger partial charge is 0.416 e. The first-order valence-corrected chi connectivity index (χ1v) is 7.22. The third kappa shape index (κ3) is 3.83. The number of rotatable bonds is 5. The molecule has 1 aromatic carbocycles. The zero-order valence-corrected chi connectivity index (χ0v) is 12.4. The second kappa shape index (κ2) is 6.89. The molecule has 0 fully saturated rings. The second-order valence-corrected chi connectivity index (χ2v) is 5.12. The number of carbonyl (C=O) groups is 1. The summed E-state index contributed by atoms with van der Waals surface area (Å²) in [4.78, 5) is 15.9. The number of thiazole rings is 1. The molecule has 1 aromatic heterocycles. The van der Waals surface area contributed by atoms with Crippen LogP contribution in [0.4, 0.5) is 13.2 Å². The Morgan fingerprint density at radius 2 is 2.14 bits per heavy atom. The average Bonchev–Trinajstić information content (AvgIpc) is 3.00. The summed E-state index contributed by atoms with van der Waals surface area (Å²) in [6.45, 7) is 0.162. The fourth-order valence-electron chi connectivity index (χ4n) is 1.98. The number of alkyl halides is 3. The Balaban J connectivity index is 2.31. The van der Waals surface area contributed by atoms with Crippen molar-refractivity contribution < 1.29 is 22.7 Å². The highest BCUT2D eigenvalue weighted by Crippen LogP contribution is 2.34. The molecule has 1 unspecified atom stereocenters. The first-order valence-electron chi connectivity index (χ1n) is 6.28. The summed E-state index contributed by atoms with van der Waals surface area (Å²) in [6.07, 6.45) is -4.55. The second-order valence-electron chi connectivity index (χ2n) is 4.40. The van der Waals surface area contributed by atoms with E-state index in [1.54, 1.807) is 10.9 Å². The van der Waals surface area contributed by atoms with Crippen molar-refractivity contribution in [2.24, 2.45) is 0 Å². The van der Waals surface area contributed by atoms with Gasteiger partial charge in [0, 0.05) is 11.9 Å². The summed E-state index contributed by atoms with van der Waals surface area (Å²) in [5.74, 6) is -0.785. The fourth-order valence-corrected chi connectivity index (χ4v) is 2.53. The summed E-state index contributed by atoms with van der Waals surface area (Å²) >= 11 is 1.36. The third-order valence-corrected chi connectivity index (χ3v) is 3.62. The van der Waals surface area contributed by atoms with Crippen LogP contribution < -0.4 is 5.32 Å². The van der Waals surface area contributed by atoms with Crippen LogP contribution in [0.5, 0.6) is 0 Å². The van der Waals surface area contributed by atoms with Crippen LogP contribution in [0.15, 0.2) is 35.2 Å². The topological polar surface area (TPSA) is 51.2 Å². The number of methoxy groups -OCH3 is 1. The van der Waals surface area contributed by atoms with Crippen molar-refractivity contribution in [3.8, 4) is 0 Å². The number of carbonyl (C=O) groups excluding carboxylic acids is 1. The predicted octanol–water partition coefficient (Wildman–Crippen LogP) is 3.17. The molecule has 0 aliphatic carbocycles. The van der Waals surface area contributed by atoms with E-state index in [0.29, 0.717) is 5.69 Å². The van der Waals surface area contributed by atoms with Crippen molar-refractivity contribution in [2.75, 3.05) is 7.11 Å². The minimum atomic E-state index is -4.55. The maximum absolute atomic E-state index is 13.1. The number of aromatic nitrogens is 1. The van der Waals surface area contributed by atoms with Crippen molar-refractivity contribution in [3.05, 3.63) is 52.0 Å². The van der Waals surface area contributed by atoms with Crippen molar-refractivity contribution in [3.63, 3.8) is 0 Å². The van der Waals surface area contributed by atoms with Crippen molar-refractivity contribution in [1.29, 1.82) is 0 Å². The summed E-state index contributed by atoms with van der Waals surface area (Å²) in [5.41, 5.74) is 1.21. The maximum atomic E-state index is 13.1. The largest absolute Gasteiger partial charge is 0.468 e. The zero-order valence-electron chi connectivity index (χ0n) is 11.6. The number of benzene rings is 1. The number of ether oxygens (including phenoxy) is 1. The van der Waals surface area contributed by atoms with Gasteiger partial charge in [-0.3, -0.25) is 5.32 Å². The molecule has 1 atom stereocenters. The highest BCUT2D eigenvalue weighted by molar-refractivity contribution is 7.07. The number of nitrogens with zero attached hydrogens (tertiary/aromatic N) is 1. The van der Waals surface area contributed by atoms with Gasteiger partial charge in [0.1, 0.15) is 6.04 Å². The van der Waals surface area contributed by atoms with Gasteiger partial charge in [-0.2, -0.15) is 13.2 Å². The minimum absolute atomic E-state index is 0.162. The molecule has 118 valence electrons. The van der Waals surface area contributed by atoms with E-state index in [0.717, 1.165) is 13.2 Å². The Morgan fingerprint density at radius 1 is 1.41 bits per heavy atom. The van der Waals surface area contributed by atoms with Crippen LogP contribution in [-0.2, 0) is 22.3 Å². The van der Waals surface area contributed by atoms with Crippen molar-refractivity contribution in [2.45, 2.75) is 18.8 Å². The molecule has 0 bridgehead atoms. The van der Waals surface area contributed by atoms with Gasteiger partial charge in [-0.25, -0.2) is 9.78 Å². The molecule has 4 nitrogen and oxygen atoms in total. The molecule has 0 saturated heterocycles. The van der Waals surface area contributed by atoms with Crippen LogP contribution in [0.2, 0.25) is 0 Å². The maximum Gasteiger partial charge on any atom is 0.416 e. The molecular formula is C14H13F3N2O2S. The molecule has 0 saturated carbocycles. The van der Waals surface area contributed by atoms with E-state index in [2.05, 4.69) is 15.0 Å². The molecule has 0 aliphatic heterocycles. The zero-order chi connectivity index (χ0) is 16.2.